The van der Waals surface area contributed by atoms with Gasteiger partial charge in [-0.1, -0.05) is 0 Å². The van der Waals surface area contributed by atoms with Crippen molar-refractivity contribution in [3.05, 3.63) is 15.6 Å². The fourth-order valence-corrected chi connectivity index (χ4v) is 2.52. The average molecular weight is 228 g/mol. The summed E-state index contributed by atoms with van der Waals surface area (Å²) >= 11 is 1.74. The van der Waals surface area contributed by atoms with Crippen molar-refractivity contribution in [1.29, 1.82) is 0 Å². The van der Waals surface area contributed by atoms with E-state index in [0.717, 1.165) is 23.5 Å². The van der Waals surface area contributed by atoms with Gasteiger partial charge in [0.25, 0.3) is 0 Å². The van der Waals surface area contributed by atoms with E-state index in [4.69, 9.17) is 10.5 Å². The average Bonchev–Trinajstić information content (AvgIpc) is 2.41. The van der Waals surface area contributed by atoms with Crippen LogP contribution in [-0.4, -0.2) is 24.2 Å². The lowest BCUT2D eigenvalue weighted by atomic mass is 9.96. The Morgan fingerprint density at radius 1 is 1.47 bits per heavy atom. The van der Waals surface area contributed by atoms with Crippen LogP contribution >= 0.6 is 11.3 Å². The molecule has 15 heavy (non-hydrogen) atoms. The molecule has 0 aliphatic heterocycles. The van der Waals surface area contributed by atoms with Crippen LogP contribution < -0.4 is 5.73 Å². The summed E-state index contributed by atoms with van der Waals surface area (Å²) in [6.07, 6.45) is 1.69. The summed E-state index contributed by atoms with van der Waals surface area (Å²) < 4.78 is 5.05. The standard InChI is InChI=1S/C11H20N2OS/c1-8-9(2)15-10(13-8)7-11(3,12)5-6-14-4/h5-7,12H2,1-4H3. The van der Waals surface area contributed by atoms with Crippen molar-refractivity contribution < 1.29 is 4.74 Å². The Kier molecular flexibility index (Phi) is 4.25. The zero-order valence-electron chi connectivity index (χ0n) is 9.96. The molecule has 1 rings (SSSR count). The van der Waals surface area contributed by atoms with E-state index in [0.29, 0.717) is 6.61 Å². The first kappa shape index (κ1) is 12.6. The maximum atomic E-state index is 6.18. The highest BCUT2D eigenvalue weighted by Crippen LogP contribution is 2.21. The first-order valence-corrected chi connectivity index (χ1v) is 5.97. The molecule has 86 valence electrons. The van der Waals surface area contributed by atoms with Gasteiger partial charge in [0.05, 0.1) is 10.7 Å². The van der Waals surface area contributed by atoms with E-state index in [1.807, 2.05) is 6.92 Å². The molecule has 0 spiro atoms. The fraction of sp³-hybridized carbons (Fsp3) is 0.727. The van der Waals surface area contributed by atoms with Crippen molar-refractivity contribution >= 4 is 11.3 Å². The first-order chi connectivity index (χ1) is 6.94. The van der Waals surface area contributed by atoms with Gasteiger partial charge < -0.3 is 10.5 Å². The van der Waals surface area contributed by atoms with Crippen LogP contribution in [0.15, 0.2) is 0 Å². The Balaban J connectivity index is 2.60. The Labute approximate surface area is 95.7 Å². The van der Waals surface area contributed by atoms with Crippen molar-refractivity contribution in [3.8, 4) is 0 Å². The molecule has 0 bridgehead atoms. The fourth-order valence-electron chi connectivity index (χ4n) is 1.38. The number of methoxy groups -OCH3 is 1. The highest BCUT2D eigenvalue weighted by molar-refractivity contribution is 7.11. The summed E-state index contributed by atoms with van der Waals surface area (Å²) in [5, 5.41) is 1.13. The van der Waals surface area contributed by atoms with Crippen LogP contribution in [0.5, 0.6) is 0 Å². The molecule has 4 heteroatoms. The number of aryl methyl sites for hydroxylation is 2. The molecule has 0 amide bonds. The zero-order chi connectivity index (χ0) is 11.5. The second kappa shape index (κ2) is 5.05. The third-order valence-electron chi connectivity index (χ3n) is 2.51. The highest BCUT2D eigenvalue weighted by atomic mass is 32.1. The first-order valence-electron chi connectivity index (χ1n) is 5.15. The lowest BCUT2D eigenvalue weighted by Gasteiger charge is -2.22. The smallest absolute Gasteiger partial charge is 0.0949 e. The van der Waals surface area contributed by atoms with Crippen molar-refractivity contribution in [2.45, 2.75) is 39.2 Å². The van der Waals surface area contributed by atoms with Crippen LogP contribution in [0.3, 0.4) is 0 Å². The molecule has 1 heterocycles. The van der Waals surface area contributed by atoms with Crippen molar-refractivity contribution in [3.63, 3.8) is 0 Å². The van der Waals surface area contributed by atoms with Gasteiger partial charge in [-0.2, -0.15) is 0 Å². The molecule has 0 saturated heterocycles. The van der Waals surface area contributed by atoms with Crippen LogP contribution in [0, 0.1) is 13.8 Å². The van der Waals surface area contributed by atoms with E-state index in [9.17, 15) is 0 Å². The van der Waals surface area contributed by atoms with Gasteiger partial charge in [-0.3, -0.25) is 0 Å². The molecule has 0 aliphatic carbocycles. The van der Waals surface area contributed by atoms with Gasteiger partial charge in [0, 0.05) is 30.6 Å². The van der Waals surface area contributed by atoms with Gasteiger partial charge in [-0.05, 0) is 27.2 Å². The summed E-state index contributed by atoms with van der Waals surface area (Å²) in [6.45, 7) is 6.90. The Bertz CT molecular complexity index is 301. The van der Waals surface area contributed by atoms with E-state index in [1.54, 1.807) is 18.4 Å². The SMILES string of the molecule is COCCC(C)(N)Cc1nc(C)c(C)s1. The molecule has 0 radical (unpaired) electrons. The maximum Gasteiger partial charge on any atom is 0.0949 e. The van der Waals surface area contributed by atoms with Gasteiger partial charge in [-0.25, -0.2) is 4.98 Å². The normalized spacial score (nSPS) is 15.3. The summed E-state index contributed by atoms with van der Waals surface area (Å²) in [5.74, 6) is 0. The zero-order valence-corrected chi connectivity index (χ0v) is 10.8. The Morgan fingerprint density at radius 3 is 2.60 bits per heavy atom. The number of hydrogen-bond acceptors (Lipinski definition) is 4. The molecule has 1 atom stereocenters. The lowest BCUT2D eigenvalue weighted by molar-refractivity contribution is 0.171. The van der Waals surface area contributed by atoms with Crippen LogP contribution in [0.4, 0.5) is 0 Å². The van der Waals surface area contributed by atoms with Crippen LogP contribution in [-0.2, 0) is 11.2 Å². The molecule has 1 aromatic heterocycles. The number of nitrogens with zero attached hydrogens (tertiary/aromatic N) is 1. The lowest BCUT2D eigenvalue weighted by Crippen LogP contribution is -2.39. The van der Waals surface area contributed by atoms with E-state index in [1.165, 1.54) is 4.88 Å². The number of nitrogens with two attached hydrogens (primary N) is 1. The largest absolute Gasteiger partial charge is 0.385 e. The van der Waals surface area contributed by atoms with Crippen LogP contribution in [0.1, 0.15) is 28.9 Å². The predicted octanol–water partition coefficient (Wildman–Crippen LogP) is 2.06. The Hall–Kier alpha value is -0.450. The monoisotopic (exact) mass is 228 g/mol. The van der Waals surface area contributed by atoms with Gasteiger partial charge in [0.2, 0.25) is 0 Å². The van der Waals surface area contributed by atoms with E-state index in [2.05, 4.69) is 18.8 Å². The summed E-state index contributed by atoms with van der Waals surface area (Å²) in [5.41, 5.74) is 7.09. The van der Waals surface area contributed by atoms with E-state index >= 15 is 0 Å². The Morgan fingerprint density at radius 2 is 2.13 bits per heavy atom. The number of ether oxygens (including phenoxy) is 1. The number of hydrogen-bond donors (Lipinski definition) is 1. The van der Waals surface area contributed by atoms with Crippen molar-refractivity contribution in [2.75, 3.05) is 13.7 Å². The molecule has 1 unspecified atom stereocenters. The van der Waals surface area contributed by atoms with Gasteiger partial charge in [0.15, 0.2) is 0 Å². The third-order valence-corrected chi connectivity index (χ3v) is 3.58. The van der Waals surface area contributed by atoms with Crippen molar-refractivity contribution in [2.24, 2.45) is 5.73 Å². The van der Waals surface area contributed by atoms with E-state index in [-0.39, 0.29) is 5.54 Å². The van der Waals surface area contributed by atoms with Gasteiger partial charge in [-0.15, -0.1) is 11.3 Å². The van der Waals surface area contributed by atoms with Gasteiger partial charge in [0.1, 0.15) is 0 Å². The molecule has 0 fully saturated rings. The summed E-state index contributed by atoms with van der Waals surface area (Å²) in [4.78, 5) is 5.79. The maximum absolute atomic E-state index is 6.18. The molecule has 3 nitrogen and oxygen atoms in total. The second-order valence-electron chi connectivity index (χ2n) is 4.32. The molecule has 0 aliphatic rings. The number of aromatic nitrogens is 1. The van der Waals surface area contributed by atoms with E-state index < -0.39 is 0 Å². The molecular formula is C11H20N2OS. The van der Waals surface area contributed by atoms with Crippen molar-refractivity contribution in [1.82, 2.24) is 4.98 Å². The minimum atomic E-state index is -0.216. The van der Waals surface area contributed by atoms with Crippen LogP contribution in [0.25, 0.3) is 0 Å². The highest BCUT2D eigenvalue weighted by Gasteiger charge is 2.20. The number of thiazole rings is 1. The molecule has 0 aromatic carbocycles. The quantitative estimate of drug-likeness (QED) is 0.839. The summed E-state index contributed by atoms with van der Waals surface area (Å²) in [6, 6.07) is 0. The van der Waals surface area contributed by atoms with Crippen LogP contribution in [0.2, 0.25) is 0 Å². The third kappa shape index (κ3) is 3.89. The predicted molar refractivity (Wildman–Crippen MR) is 64.4 cm³/mol. The second-order valence-corrected chi connectivity index (χ2v) is 5.61. The minimum Gasteiger partial charge on any atom is -0.385 e. The molecular weight excluding hydrogens is 208 g/mol. The van der Waals surface area contributed by atoms with Gasteiger partial charge >= 0.3 is 0 Å². The topological polar surface area (TPSA) is 48.1 Å². The molecule has 2 N–H and O–H groups in total. The molecule has 1 aromatic rings. The molecule has 0 saturated carbocycles. The number of rotatable bonds is 5. The summed E-state index contributed by atoms with van der Waals surface area (Å²) in [7, 11) is 1.70. The minimum absolute atomic E-state index is 0.216.